The topological polar surface area (TPSA) is 12.0 Å². The van der Waals surface area contributed by atoms with Crippen molar-refractivity contribution >= 4 is 11.8 Å². The summed E-state index contributed by atoms with van der Waals surface area (Å²) in [6, 6.07) is 8.10. The highest BCUT2D eigenvalue weighted by atomic mass is 32.2. The van der Waals surface area contributed by atoms with Crippen LogP contribution in [0, 0.1) is 12.8 Å². The van der Waals surface area contributed by atoms with Gasteiger partial charge in [-0.1, -0.05) is 43.0 Å². The first-order valence-electron chi connectivity index (χ1n) is 7.38. The minimum absolute atomic E-state index is 0.0881. The Bertz CT molecular complexity index is 407. The molecule has 0 fully saturated rings. The molecular weight excluding hydrogens is 295 g/mol. The van der Waals surface area contributed by atoms with Gasteiger partial charge in [0, 0.05) is 5.75 Å². The maximum absolute atomic E-state index is 12.3. The Kier molecular flexibility index (Phi) is 8.19. The van der Waals surface area contributed by atoms with Crippen molar-refractivity contribution in [2.24, 2.45) is 5.92 Å². The summed E-state index contributed by atoms with van der Waals surface area (Å²) in [5, 5.41) is 3.33. The molecular formula is C16H24F3NS. The Hall–Kier alpha value is -0.680. The maximum atomic E-state index is 12.3. The van der Waals surface area contributed by atoms with Crippen LogP contribution in [0.1, 0.15) is 30.9 Å². The predicted octanol–water partition coefficient (Wildman–Crippen LogP) is 4.80. The fraction of sp³-hybridized carbons (Fsp3) is 0.625. The monoisotopic (exact) mass is 319 g/mol. The first-order chi connectivity index (χ1) is 9.92. The summed E-state index contributed by atoms with van der Waals surface area (Å²) in [4.78, 5) is 0. The van der Waals surface area contributed by atoms with Gasteiger partial charge in [-0.3, -0.25) is 0 Å². The Morgan fingerprint density at radius 1 is 1.24 bits per heavy atom. The third kappa shape index (κ3) is 8.37. The summed E-state index contributed by atoms with van der Waals surface area (Å²) in [7, 11) is 0. The molecule has 0 aliphatic carbocycles. The van der Waals surface area contributed by atoms with E-state index in [2.05, 4.69) is 31.3 Å². The van der Waals surface area contributed by atoms with E-state index in [1.165, 1.54) is 11.1 Å². The molecule has 0 saturated carbocycles. The summed E-state index contributed by atoms with van der Waals surface area (Å²) in [5.41, 5.74) is -1.68. The Labute approximate surface area is 129 Å². The number of hydrogen-bond acceptors (Lipinski definition) is 2. The number of hydrogen-bond donors (Lipinski definition) is 1. The zero-order chi connectivity index (χ0) is 15.7. The van der Waals surface area contributed by atoms with Crippen molar-refractivity contribution in [1.29, 1.82) is 0 Å². The molecule has 1 rings (SSSR count). The van der Waals surface area contributed by atoms with Crippen molar-refractivity contribution in [2.45, 2.75) is 38.6 Å². The molecule has 0 spiro atoms. The molecule has 0 saturated heterocycles. The lowest BCUT2D eigenvalue weighted by molar-refractivity contribution is -0.0328. The van der Waals surface area contributed by atoms with Gasteiger partial charge < -0.3 is 5.32 Å². The fourth-order valence-corrected chi connectivity index (χ4v) is 2.93. The Morgan fingerprint density at radius 2 is 1.95 bits per heavy atom. The van der Waals surface area contributed by atoms with Gasteiger partial charge in [0.2, 0.25) is 0 Å². The van der Waals surface area contributed by atoms with Gasteiger partial charge in [-0.25, -0.2) is 0 Å². The van der Waals surface area contributed by atoms with E-state index in [0.717, 1.165) is 25.9 Å². The molecule has 1 atom stereocenters. The van der Waals surface area contributed by atoms with Crippen LogP contribution >= 0.6 is 11.8 Å². The van der Waals surface area contributed by atoms with Crippen molar-refractivity contribution < 1.29 is 13.2 Å². The SMILES string of the molecule is CCCNCC(CCSC(F)(F)F)Cc1ccccc1C. The van der Waals surface area contributed by atoms with Crippen molar-refractivity contribution in [3.63, 3.8) is 0 Å². The highest BCUT2D eigenvalue weighted by Gasteiger charge is 2.28. The van der Waals surface area contributed by atoms with Gasteiger partial charge in [0.1, 0.15) is 0 Å². The van der Waals surface area contributed by atoms with E-state index < -0.39 is 5.51 Å². The molecule has 1 aromatic carbocycles. The number of nitrogens with one attached hydrogen (secondary N) is 1. The van der Waals surface area contributed by atoms with Crippen LogP contribution in [0.5, 0.6) is 0 Å². The number of aryl methyl sites for hydroxylation is 1. The third-order valence-electron chi connectivity index (χ3n) is 3.42. The van der Waals surface area contributed by atoms with Crippen LogP contribution in [-0.2, 0) is 6.42 Å². The van der Waals surface area contributed by atoms with Gasteiger partial charge in [-0.05, 0) is 56.3 Å². The fourth-order valence-electron chi connectivity index (χ4n) is 2.25. The lowest BCUT2D eigenvalue weighted by Crippen LogP contribution is -2.26. The first kappa shape index (κ1) is 18.4. The normalized spacial score (nSPS) is 13.4. The third-order valence-corrected chi connectivity index (χ3v) is 4.19. The maximum Gasteiger partial charge on any atom is 0.441 e. The molecule has 0 aliphatic heterocycles. The van der Waals surface area contributed by atoms with Gasteiger partial charge >= 0.3 is 5.51 Å². The van der Waals surface area contributed by atoms with Crippen molar-refractivity contribution in [3.05, 3.63) is 35.4 Å². The van der Waals surface area contributed by atoms with Crippen molar-refractivity contribution in [2.75, 3.05) is 18.8 Å². The number of alkyl halides is 3. The minimum atomic E-state index is -4.12. The van der Waals surface area contributed by atoms with E-state index in [1.54, 1.807) is 0 Å². The Balaban J connectivity index is 2.53. The summed E-state index contributed by atoms with van der Waals surface area (Å²) in [6.45, 7) is 5.83. The van der Waals surface area contributed by atoms with Gasteiger partial charge in [0.15, 0.2) is 0 Å². The van der Waals surface area contributed by atoms with Crippen LogP contribution in [0.3, 0.4) is 0 Å². The molecule has 1 N–H and O–H groups in total. The second-order valence-corrected chi connectivity index (χ2v) is 6.44. The molecule has 0 amide bonds. The summed E-state index contributed by atoms with van der Waals surface area (Å²) in [6.07, 6.45) is 2.45. The zero-order valence-electron chi connectivity index (χ0n) is 12.7. The van der Waals surface area contributed by atoms with Gasteiger partial charge in [-0.2, -0.15) is 13.2 Å². The van der Waals surface area contributed by atoms with Gasteiger partial charge in [0.25, 0.3) is 0 Å². The minimum Gasteiger partial charge on any atom is -0.316 e. The number of rotatable bonds is 9. The average Bonchev–Trinajstić information content (AvgIpc) is 2.40. The standard InChI is InChI=1S/C16H24F3NS/c1-3-9-20-12-14(8-10-21-16(17,18)19)11-15-7-5-4-6-13(15)2/h4-7,14,20H,3,8-12H2,1-2H3. The molecule has 0 aromatic heterocycles. The predicted molar refractivity (Wildman–Crippen MR) is 84.7 cm³/mol. The second kappa shape index (κ2) is 9.36. The number of thioether (sulfide) groups is 1. The van der Waals surface area contributed by atoms with E-state index in [9.17, 15) is 13.2 Å². The van der Waals surface area contributed by atoms with Crippen LogP contribution in [-0.4, -0.2) is 24.4 Å². The van der Waals surface area contributed by atoms with Crippen LogP contribution in [0.25, 0.3) is 0 Å². The second-order valence-electron chi connectivity index (χ2n) is 5.28. The molecule has 5 heteroatoms. The smallest absolute Gasteiger partial charge is 0.316 e. The highest BCUT2D eigenvalue weighted by Crippen LogP contribution is 2.31. The van der Waals surface area contributed by atoms with Crippen molar-refractivity contribution in [3.8, 4) is 0 Å². The van der Waals surface area contributed by atoms with Crippen LogP contribution in [0.4, 0.5) is 13.2 Å². The zero-order valence-corrected chi connectivity index (χ0v) is 13.5. The van der Waals surface area contributed by atoms with E-state index in [1.807, 2.05) is 12.1 Å². The van der Waals surface area contributed by atoms with E-state index in [-0.39, 0.29) is 23.4 Å². The number of benzene rings is 1. The van der Waals surface area contributed by atoms with E-state index >= 15 is 0 Å². The highest BCUT2D eigenvalue weighted by molar-refractivity contribution is 8.00. The summed E-state index contributed by atoms with van der Waals surface area (Å²) < 4.78 is 36.8. The molecule has 0 bridgehead atoms. The van der Waals surface area contributed by atoms with E-state index in [0.29, 0.717) is 6.42 Å². The average molecular weight is 319 g/mol. The van der Waals surface area contributed by atoms with Crippen LogP contribution < -0.4 is 5.32 Å². The lowest BCUT2D eigenvalue weighted by atomic mass is 9.94. The molecule has 0 radical (unpaired) electrons. The van der Waals surface area contributed by atoms with Crippen molar-refractivity contribution in [1.82, 2.24) is 5.32 Å². The first-order valence-corrected chi connectivity index (χ1v) is 8.37. The molecule has 120 valence electrons. The van der Waals surface area contributed by atoms with Crippen LogP contribution in [0.15, 0.2) is 24.3 Å². The molecule has 1 unspecified atom stereocenters. The summed E-state index contributed by atoms with van der Waals surface area (Å²) in [5.74, 6) is 0.376. The lowest BCUT2D eigenvalue weighted by Gasteiger charge is -2.19. The quantitative estimate of drug-likeness (QED) is 0.656. The van der Waals surface area contributed by atoms with Gasteiger partial charge in [0.05, 0.1) is 0 Å². The summed E-state index contributed by atoms with van der Waals surface area (Å²) >= 11 is 0.0881. The largest absolute Gasteiger partial charge is 0.441 e. The van der Waals surface area contributed by atoms with E-state index in [4.69, 9.17) is 0 Å². The molecule has 1 aromatic rings. The molecule has 1 nitrogen and oxygen atoms in total. The Morgan fingerprint density at radius 3 is 2.57 bits per heavy atom. The molecule has 0 aliphatic rings. The number of halogens is 3. The molecule has 0 heterocycles. The molecule has 21 heavy (non-hydrogen) atoms. The van der Waals surface area contributed by atoms with Crippen LogP contribution in [0.2, 0.25) is 0 Å². The van der Waals surface area contributed by atoms with Gasteiger partial charge in [-0.15, -0.1) is 0 Å².